The maximum Gasteiger partial charge on any atom is 0.205 e. The Hall–Kier alpha value is -0.680. The normalized spacial score (nSPS) is 32.3. The Bertz CT molecular complexity index is 422. The third-order valence-corrected chi connectivity index (χ3v) is 5.29. The Morgan fingerprint density at radius 3 is 3.11 bits per heavy atom. The first-order valence-corrected chi connectivity index (χ1v) is 7.78. The second-order valence-electron chi connectivity index (χ2n) is 5.59. The van der Waals surface area contributed by atoms with Crippen LogP contribution in [0.15, 0.2) is 0 Å². The molecule has 1 aliphatic heterocycles. The van der Waals surface area contributed by atoms with E-state index in [4.69, 9.17) is 0 Å². The summed E-state index contributed by atoms with van der Waals surface area (Å²) in [5, 5.41) is 11.7. The van der Waals surface area contributed by atoms with Crippen LogP contribution in [0.25, 0.3) is 0 Å². The third-order valence-electron chi connectivity index (χ3n) is 4.47. The summed E-state index contributed by atoms with van der Waals surface area (Å²) >= 11 is 1.50. The molecule has 5 heteroatoms. The van der Waals surface area contributed by atoms with Crippen LogP contribution in [-0.4, -0.2) is 33.2 Å². The van der Waals surface area contributed by atoms with Crippen LogP contribution in [0.4, 0.5) is 5.13 Å². The monoisotopic (exact) mass is 267 g/mol. The largest absolute Gasteiger partial charge is 0.389 e. The lowest BCUT2D eigenvalue weighted by molar-refractivity contribution is -0.0612. The van der Waals surface area contributed by atoms with Crippen LogP contribution in [-0.2, 0) is 6.42 Å². The molecule has 1 N–H and O–H groups in total. The summed E-state index contributed by atoms with van der Waals surface area (Å²) in [4.78, 5) is 6.89. The second kappa shape index (κ2) is 4.78. The van der Waals surface area contributed by atoms with Gasteiger partial charge < -0.3 is 10.0 Å². The minimum atomic E-state index is -0.396. The zero-order chi connectivity index (χ0) is 12.6. The van der Waals surface area contributed by atoms with Gasteiger partial charge in [0.05, 0.1) is 5.60 Å². The summed E-state index contributed by atoms with van der Waals surface area (Å²) in [7, 11) is 0. The standard InChI is InChI=1S/C13H21N3OS/c1-2-11-14-12(18-15-11)16-8-7-13(17)6-4-3-5-10(13)9-16/h10,17H,2-9H2,1H3. The second-order valence-corrected chi connectivity index (χ2v) is 6.32. The fourth-order valence-electron chi connectivity index (χ4n) is 3.26. The number of aliphatic hydroxyl groups is 1. The Labute approximate surface area is 112 Å². The van der Waals surface area contributed by atoms with E-state index in [9.17, 15) is 5.11 Å². The van der Waals surface area contributed by atoms with Crippen LogP contribution in [0.2, 0.25) is 0 Å². The smallest absolute Gasteiger partial charge is 0.205 e. The summed E-state index contributed by atoms with van der Waals surface area (Å²) < 4.78 is 4.36. The van der Waals surface area contributed by atoms with Gasteiger partial charge in [0.25, 0.3) is 0 Å². The van der Waals surface area contributed by atoms with Crippen molar-refractivity contribution >= 4 is 16.7 Å². The van der Waals surface area contributed by atoms with Crippen molar-refractivity contribution in [2.45, 2.75) is 51.0 Å². The van der Waals surface area contributed by atoms with Crippen molar-refractivity contribution in [2.24, 2.45) is 5.92 Å². The zero-order valence-electron chi connectivity index (χ0n) is 10.9. The van der Waals surface area contributed by atoms with Gasteiger partial charge in [0.2, 0.25) is 5.13 Å². The lowest BCUT2D eigenvalue weighted by atomic mass is 9.71. The van der Waals surface area contributed by atoms with Crippen molar-refractivity contribution in [1.29, 1.82) is 0 Å². The maximum absolute atomic E-state index is 10.6. The molecular weight excluding hydrogens is 246 g/mol. The van der Waals surface area contributed by atoms with Crippen molar-refractivity contribution in [3.05, 3.63) is 5.82 Å². The predicted octanol–water partition coefficient (Wildman–Crippen LogP) is 2.23. The van der Waals surface area contributed by atoms with Crippen molar-refractivity contribution in [2.75, 3.05) is 18.0 Å². The number of fused-ring (bicyclic) bond motifs is 1. The van der Waals surface area contributed by atoms with Gasteiger partial charge in [0, 0.05) is 37.0 Å². The highest BCUT2D eigenvalue weighted by molar-refractivity contribution is 7.09. The van der Waals surface area contributed by atoms with Crippen LogP contribution in [0.3, 0.4) is 0 Å². The van der Waals surface area contributed by atoms with E-state index in [1.54, 1.807) is 0 Å². The first-order chi connectivity index (χ1) is 8.71. The van der Waals surface area contributed by atoms with Crippen molar-refractivity contribution < 1.29 is 5.11 Å². The predicted molar refractivity (Wildman–Crippen MR) is 73.0 cm³/mol. The third kappa shape index (κ3) is 2.14. The molecule has 3 rings (SSSR count). The van der Waals surface area contributed by atoms with E-state index in [0.717, 1.165) is 49.7 Å². The van der Waals surface area contributed by atoms with E-state index in [1.165, 1.54) is 24.4 Å². The number of rotatable bonds is 2. The van der Waals surface area contributed by atoms with Gasteiger partial charge in [-0.25, -0.2) is 4.98 Å². The summed E-state index contributed by atoms with van der Waals surface area (Å²) in [5.41, 5.74) is -0.396. The molecule has 1 aromatic heterocycles. The number of hydrogen-bond donors (Lipinski definition) is 1. The fourth-order valence-corrected chi connectivity index (χ4v) is 4.05. The molecule has 2 aliphatic rings. The highest BCUT2D eigenvalue weighted by Crippen LogP contribution is 2.41. The topological polar surface area (TPSA) is 49.2 Å². The van der Waals surface area contributed by atoms with Gasteiger partial charge in [-0.05, 0) is 19.3 Å². The highest BCUT2D eigenvalue weighted by Gasteiger charge is 2.43. The summed E-state index contributed by atoms with van der Waals surface area (Å²) in [6.07, 6.45) is 6.38. The molecule has 0 aromatic carbocycles. The van der Waals surface area contributed by atoms with Crippen molar-refractivity contribution in [1.82, 2.24) is 9.36 Å². The molecule has 18 heavy (non-hydrogen) atoms. The SMILES string of the molecule is CCc1nsc(N2CCC3(O)CCCCC3C2)n1. The summed E-state index contributed by atoms with van der Waals surface area (Å²) in [5.74, 6) is 1.37. The van der Waals surface area contributed by atoms with Gasteiger partial charge in [-0.2, -0.15) is 4.37 Å². The molecular formula is C13H21N3OS. The fraction of sp³-hybridized carbons (Fsp3) is 0.846. The van der Waals surface area contributed by atoms with Gasteiger partial charge in [-0.1, -0.05) is 19.8 Å². The molecule has 0 radical (unpaired) electrons. The van der Waals surface area contributed by atoms with Gasteiger partial charge >= 0.3 is 0 Å². The van der Waals surface area contributed by atoms with E-state index in [-0.39, 0.29) is 0 Å². The quantitative estimate of drug-likeness (QED) is 0.892. The summed E-state index contributed by atoms with van der Waals surface area (Å²) in [6, 6.07) is 0. The molecule has 1 aromatic rings. The molecule has 4 nitrogen and oxygen atoms in total. The first kappa shape index (κ1) is 12.4. The van der Waals surface area contributed by atoms with Crippen LogP contribution >= 0.6 is 11.5 Å². The minimum Gasteiger partial charge on any atom is -0.389 e. The van der Waals surface area contributed by atoms with Crippen molar-refractivity contribution in [3.8, 4) is 0 Å². The highest BCUT2D eigenvalue weighted by atomic mass is 32.1. The molecule has 2 atom stereocenters. The van der Waals surface area contributed by atoms with Crippen LogP contribution in [0.5, 0.6) is 0 Å². The van der Waals surface area contributed by atoms with Crippen LogP contribution in [0.1, 0.15) is 44.9 Å². The van der Waals surface area contributed by atoms with Gasteiger partial charge in [0.1, 0.15) is 5.82 Å². The lowest BCUT2D eigenvalue weighted by Gasteiger charge is -2.47. The minimum absolute atomic E-state index is 0.396. The lowest BCUT2D eigenvalue weighted by Crippen LogP contribution is -2.53. The molecule has 0 spiro atoms. The number of aryl methyl sites for hydroxylation is 1. The Morgan fingerprint density at radius 2 is 2.33 bits per heavy atom. The van der Waals surface area contributed by atoms with E-state index < -0.39 is 5.60 Å². The average molecular weight is 267 g/mol. The van der Waals surface area contributed by atoms with E-state index >= 15 is 0 Å². The maximum atomic E-state index is 10.6. The van der Waals surface area contributed by atoms with E-state index in [0.29, 0.717) is 5.92 Å². The number of nitrogens with zero attached hydrogens (tertiary/aromatic N) is 3. The molecule has 2 fully saturated rings. The molecule has 0 amide bonds. The number of piperidine rings is 1. The Balaban J connectivity index is 1.73. The summed E-state index contributed by atoms with van der Waals surface area (Å²) in [6.45, 7) is 3.96. The van der Waals surface area contributed by atoms with Crippen LogP contribution in [0, 0.1) is 5.92 Å². The number of hydrogen-bond acceptors (Lipinski definition) is 5. The molecule has 1 saturated heterocycles. The molecule has 2 unspecified atom stereocenters. The average Bonchev–Trinajstić information content (AvgIpc) is 2.86. The number of anilines is 1. The molecule has 100 valence electrons. The Morgan fingerprint density at radius 1 is 1.44 bits per heavy atom. The number of aromatic nitrogens is 2. The van der Waals surface area contributed by atoms with Gasteiger partial charge in [0.15, 0.2) is 0 Å². The van der Waals surface area contributed by atoms with Gasteiger partial charge in [-0.15, -0.1) is 0 Å². The molecule has 1 saturated carbocycles. The van der Waals surface area contributed by atoms with Crippen LogP contribution < -0.4 is 4.90 Å². The molecule has 2 heterocycles. The van der Waals surface area contributed by atoms with E-state index in [1.807, 2.05) is 0 Å². The molecule has 0 bridgehead atoms. The Kier molecular flexibility index (Phi) is 3.28. The molecule has 1 aliphatic carbocycles. The van der Waals surface area contributed by atoms with E-state index in [2.05, 4.69) is 21.2 Å². The van der Waals surface area contributed by atoms with Gasteiger partial charge in [-0.3, -0.25) is 0 Å². The van der Waals surface area contributed by atoms with Crippen molar-refractivity contribution in [3.63, 3.8) is 0 Å². The zero-order valence-corrected chi connectivity index (χ0v) is 11.7. The first-order valence-electron chi connectivity index (χ1n) is 7.01.